The molecule has 5 nitrogen and oxygen atoms in total. The van der Waals surface area contributed by atoms with E-state index in [2.05, 4.69) is 11.2 Å². The molecular weight excluding hydrogens is 326 g/mol. The number of furan rings is 1. The lowest BCUT2D eigenvalue weighted by molar-refractivity contribution is 0.0952. The van der Waals surface area contributed by atoms with Crippen molar-refractivity contribution in [1.29, 1.82) is 0 Å². The van der Waals surface area contributed by atoms with E-state index in [1.165, 1.54) is 5.56 Å². The maximum atomic E-state index is 12.9. The molecule has 4 rings (SSSR count). The number of amides is 1. The van der Waals surface area contributed by atoms with Crippen molar-refractivity contribution in [1.82, 2.24) is 9.78 Å². The van der Waals surface area contributed by atoms with E-state index in [1.807, 2.05) is 30.0 Å². The molecule has 1 atom stereocenters. The smallest absolute Gasteiger partial charge is 0.294 e. The van der Waals surface area contributed by atoms with Gasteiger partial charge in [-0.25, -0.2) is 0 Å². The molecule has 3 aromatic rings. The van der Waals surface area contributed by atoms with Crippen LogP contribution in [-0.4, -0.2) is 21.7 Å². The van der Waals surface area contributed by atoms with Gasteiger partial charge in [-0.15, -0.1) is 0 Å². The molecule has 0 bridgehead atoms. The zero-order chi connectivity index (χ0) is 16.7. The van der Waals surface area contributed by atoms with Crippen molar-refractivity contribution in [2.75, 3.05) is 4.90 Å². The topological polar surface area (TPSA) is 51.3 Å². The number of fused-ring (bicyclic) bond motifs is 1. The number of benzene rings is 1. The van der Waals surface area contributed by atoms with Crippen molar-refractivity contribution in [3.05, 3.63) is 70.9 Å². The Kier molecular flexibility index (Phi) is 3.65. The van der Waals surface area contributed by atoms with E-state index in [1.54, 1.807) is 29.2 Å². The number of hydrogen-bond donors (Lipinski definition) is 0. The molecule has 0 fully saturated rings. The third-order valence-electron chi connectivity index (χ3n) is 4.22. The summed E-state index contributed by atoms with van der Waals surface area (Å²) in [5, 5.41) is 4.68. The predicted molar refractivity (Wildman–Crippen MR) is 91.5 cm³/mol. The summed E-state index contributed by atoms with van der Waals surface area (Å²) in [6, 6.07) is 11.6. The van der Waals surface area contributed by atoms with Crippen LogP contribution in [0, 0.1) is 0 Å². The quantitative estimate of drug-likeness (QED) is 0.728. The number of aromatic nitrogens is 2. The number of para-hydroxylation sites is 1. The molecule has 0 aliphatic carbocycles. The van der Waals surface area contributed by atoms with Gasteiger partial charge in [-0.2, -0.15) is 5.10 Å². The SMILES string of the molecule is CC1Cc2ccccc2N1C(=O)c1ccc(Cn2cc(Cl)cn2)o1. The lowest BCUT2D eigenvalue weighted by Gasteiger charge is -2.21. The fourth-order valence-corrected chi connectivity index (χ4v) is 3.31. The summed E-state index contributed by atoms with van der Waals surface area (Å²) < 4.78 is 7.41. The number of rotatable bonds is 3. The Morgan fingerprint density at radius 3 is 2.96 bits per heavy atom. The average molecular weight is 342 g/mol. The van der Waals surface area contributed by atoms with Gasteiger partial charge in [0.15, 0.2) is 5.76 Å². The highest BCUT2D eigenvalue weighted by Crippen LogP contribution is 2.33. The first-order valence-corrected chi connectivity index (χ1v) is 8.18. The Balaban J connectivity index is 1.57. The van der Waals surface area contributed by atoms with Gasteiger partial charge in [0.25, 0.3) is 5.91 Å². The Labute approximate surface area is 144 Å². The average Bonchev–Trinajstić information content (AvgIpc) is 3.25. The molecule has 1 amide bonds. The number of anilines is 1. The first-order chi connectivity index (χ1) is 11.6. The van der Waals surface area contributed by atoms with E-state index in [0.29, 0.717) is 23.1 Å². The zero-order valence-corrected chi connectivity index (χ0v) is 13.9. The number of nitrogens with zero attached hydrogens (tertiary/aromatic N) is 3. The van der Waals surface area contributed by atoms with Crippen molar-refractivity contribution in [3.63, 3.8) is 0 Å². The van der Waals surface area contributed by atoms with Crippen molar-refractivity contribution in [2.45, 2.75) is 25.9 Å². The maximum Gasteiger partial charge on any atom is 0.294 e. The number of halogens is 1. The molecule has 1 aliphatic rings. The summed E-state index contributed by atoms with van der Waals surface area (Å²) in [5.41, 5.74) is 2.16. The molecule has 0 spiro atoms. The van der Waals surface area contributed by atoms with Crippen molar-refractivity contribution < 1.29 is 9.21 Å². The van der Waals surface area contributed by atoms with Crippen LogP contribution < -0.4 is 4.90 Å². The van der Waals surface area contributed by atoms with E-state index < -0.39 is 0 Å². The van der Waals surface area contributed by atoms with Gasteiger partial charge in [0.05, 0.1) is 17.8 Å². The normalized spacial score (nSPS) is 16.4. The van der Waals surface area contributed by atoms with Crippen molar-refractivity contribution >= 4 is 23.2 Å². The molecule has 0 radical (unpaired) electrons. The van der Waals surface area contributed by atoms with E-state index in [9.17, 15) is 4.79 Å². The summed E-state index contributed by atoms with van der Waals surface area (Å²) in [7, 11) is 0. The second kappa shape index (κ2) is 5.83. The Morgan fingerprint density at radius 2 is 2.17 bits per heavy atom. The molecule has 1 aromatic carbocycles. The molecular formula is C18H16ClN3O2. The fourth-order valence-electron chi connectivity index (χ4n) is 3.16. The van der Waals surface area contributed by atoms with Crippen LogP contribution in [0.3, 0.4) is 0 Å². The number of carbonyl (C=O) groups is 1. The first-order valence-electron chi connectivity index (χ1n) is 7.80. The largest absolute Gasteiger partial charge is 0.454 e. The number of carbonyl (C=O) groups excluding carboxylic acids is 1. The standard InChI is InChI=1S/C18H16ClN3O2/c1-12-8-13-4-2-3-5-16(13)22(12)18(23)17-7-6-15(24-17)11-21-10-14(19)9-20-21/h2-7,9-10,12H,8,11H2,1H3. The van der Waals surface area contributed by atoms with Crippen LogP contribution in [0.4, 0.5) is 5.69 Å². The molecule has 0 saturated carbocycles. The van der Waals surface area contributed by atoms with Gasteiger partial charge in [0.2, 0.25) is 0 Å². The molecule has 0 N–H and O–H groups in total. The molecule has 6 heteroatoms. The maximum absolute atomic E-state index is 12.9. The highest BCUT2D eigenvalue weighted by Gasteiger charge is 2.32. The van der Waals surface area contributed by atoms with E-state index in [4.69, 9.17) is 16.0 Å². The van der Waals surface area contributed by atoms with Gasteiger partial charge < -0.3 is 9.32 Å². The summed E-state index contributed by atoms with van der Waals surface area (Å²) in [6.07, 6.45) is 4.14. The highest BCUT2D eigenvalue weighted by molar-refractivity contribution is 6.30. The first kappa shape index (κ1) is 15.0. The van der Waals surface area contributed by atoms with E-state index in [-0.39, 0.29) is 11.9 Å². The number of hydrogen-bond acceptors (Lipinski definition) is 3. The molecule has 0 saturated heterocycles. The van der Waals surface area contributed by atoms with Crippen LogP contribution in [0.1, 0.15) is 28.8 Å². The zero-order valence-electron chi connectivity index (χ0n) is 13.1. The fraction of sp³-hybridized carbons (Fsp3) is 0.222. The van der Waals surface area contributed by atoms with Gasteiger partial charge in [-0.3, -0.25) is 9.48 Å². The molecule has 24 heavy (non-hydrogen) atoms. The molecule has 3 heterocycles. The van der Waals surface area contributed by atoms with Crippen LogP contribution >= 0.6 is 11.6 Å². The van der Waals surface area contributed by atoms with Crippen LogP contribution in [0.15, 0.2) is 53.2 Å². The van der Waals surface area contributed by atoms with E-state index >= 15 is 0 Å². The minimum atomic E-state index is -0.114. The second-order valence-corrected chi connectivity index (χ2v) is 6.42. The van der Waals surface area contributed by atoms with Crippen LogP contribution in [-0.2, 0) is 13.0 Å². The van der Waals surface area contributed by atoms with Gasteiger partial charge in [-0.05, 0) is 37.1 Å². The van der Waals surface area contributed by atoms with Gasteiger partial charge in [0.1, 0.15) is 5.76 Å². The third-order valence-corrected chi connectivity index (χ3v) is 4.41. The van der Waals surface area contributed by atoms with Gasteiger partial charge >= 0.3 is 0 Å². The molecule has 1 unspecified atom stereocenters. The van der Waals surface area contributed by atoms with E-state index in [0.717, 1.165) is 12.1 Å². The predicted octanol–water partition coefficient (Wildman–Crippen LogP) is 3.77. The van der Waals surface area contributed by atoms with Crippen LogP contribution in [0.25, 0.3) is 0 Å². The summed E-state index contributed by atoms with van der Waals surface area (Å²) in [4.78, 5) is 14.7. The monoisotopic (exact) mass is 341 g/mol. The van der Waals surface area contributed by atoms with Crippen LogP contribution in [0.5, 0.6) is 0 Å². The lowest BCUT2D eigenvalue weighted by atomic mass is 10.1. The van der Waals surface area contributed by atoms with Gasteiger partial charge in [-0.1, -0.05) is 29.8 Å². The minimum Gasteiger partial charge on any atom is -0.454 e. The third kappa shape index (κ3) is 2.61. The van der Waals surface area contributed by atoms with Crippen molar-refractivity contribution in [2.24, 2.45) is 0 Å². The second-order valence-electron chi connectivity index (χ2n) is 5.98. The Hall–Kier alpha value is -2.53. The molecule has 1 aliphatic heterocycles. The van der Waals surface area contributed by atoms with Gasteiger partial charge in [0, 0.05) is 17.9 Å². The summed E-state index contributed by atoms with van der Waals surface area (Å²) in [5.74, 6) is 0.891. The summed E-state index contributed by atoms with van der Waals surface area (Å²) in [6.45, 7) is 2.49. The minimum absolute atomic E-state index is 0.114. The van der Waals surface area contributed by atoms with Crippen molar-refractivity contribution in [3.8, 4) is 0 Å². The highest BCUT2D eigenvalue weighted by atomic mass is 35.5. The lowest BCUT2D eigenvalue weighted by Crippen LogP contribution is -2.35. The molecule has 122 valence electrons. The Bertz CT molecular complexity index is 899. The Morgan fingerprint density at radius 1 is 1.33 bits per heavy atom. The molecule has 2 aromatic heterocycles. The summed E-state index contributed by atoms with van der Waals surface area (Å²) >= 11 is 5.86. The van der Waals surface area contributed by atoms with Crippen LogP contribution in [0.2, 0.25) is 5.02 Å².